The highest BCUT2D eigenvalue weighted by Gasteiger charge is 2.26. The molecule has 4 nitrogen and oxygen atoms in total. The van der Waals surface area contributed by atoms with Gasteiger partial charge in [-0.3, -0.25) is 0 Å². The number of methoxy groups -OCH3 is 2. The van der Waals surface area contributed by atoms with E-state index in [0.29, 0.717) is 14.2 Å². The van der Waals surface area contributed by atoms with Crippen molar-refractivity contribution in [3.05, 3.63) is 23.3 Å². The van der Waals surface area contributed by atoms with Gasteiger partial charge in [-0.15, -0.1) is 0 Å². The van der Waals surface area contributed by atoms with Crippen LogP contribution >= 0.6 is 0 Å². The van der Waals surface area contributed by atoms with E-state index < -0.39 is 35.2 Å². The lowest BCUT2D eigenvalue weighted by molar-refractivity contribution is -0.139. The van der Waals surface area contributed by atoms with Crippen LogP contribution in [0, 0.1) is 0 Å². The van der Waals surface area contributed by atoms with E-state index in [1.54, 1.807) is 0 Å². The first-order chi connectivity index (χ1) is 7.36. The molecule has 8 heteroatoms. The van der Waals surface area contributed by atoms with Crippen LogP contribution in [0.2, 0.25) is 0 Å². The lowest BCUT2D eigenvalue weighted by Crippen LogP contribution is -2.06. The van der Waals surface area contributed by atoms with Crippen LogP contribution < -0.4 is 0 Å². The van der Waals surface area contributed by atoms with Gasteiger partial charge in [-0.25, -0.2) is 18.4 Å². The molecule has 0 aromatic carbocycles. The number of rotatable bonds is 3. The van der Waals surface area contributed by atoms with Gasteiger partial charge in [0.1, 0.15) is 0 Å². The highest BCUT2D eigenvalue weighted by molar-refractivity contribution is 5.90. The van der Waals surface area contributed by atoms with E-state index in [9.17, 15) is 27.2 Å². The van der Waals surface area contributed by atoms with Crippen molar-refractivity contribution in [1.29, 1.82) is 0 Å². The Hall–Kier alpha value is -1.86. The minimum absolute atomic E-state index is 0.702. The summed E-state index contributed by atoms with van der Waals surface area (Å²) in [5.41, 5.74) is 0. The van der Waals surface area contributed by atoms with Crippen molar-refractivity contribution in [3.8, 4) is 0 Å². The molecular weight excluding hydrogens is 236 g/mol. The third-order valence-electron chi connectivity index (χ3n) is 1.31. The van der Waals surface area contributed by atoms with Gasteiger partial charge < -0.3 is 9.47 Å². The fourth-order valence-corrected chi connectivity index (χ4v) is 0.551. The maximum absolute atomic E-state index is 12.7. The Balaban J connectivity index is 5.35. The smallest absolute Gasteiger partial charge is 0.370 e. The van der Waals surface area contributed by atoms with Crippen LogP contribution in [0.4, 0.5) is 17.6 Å². The number of carbonyl (C=O) groups excluding carboxylic acids is 2. The van der Waals surface area contributed by atoms with Gasteiger partial charge in [-0.1, -0.05) is 0 Å². The van der Waals surface area contributed by atoms with Crippen LogP contribution in [0.25, 0.3) is 0 Å². The molecule has 0 amide bonds. The molecule has 0 aromatic rings. The van der Waals surface area contributed by atoms with Gasteiger partial charge in [-0.05, 0) is 0 Å². The number of allylic oxidation sites excluding steroid dienone is 2. The summed E-state index contributed by atoms with van der Waals surface area (Å²) in [4.78, 5) is 20.8. The molecule has 90 valence electrons. The fraction of sp³-hybridized carbons (Fsp3) is 0.250. The number of ether oxygens (including phenoxy) is 2. The minimum Gasteiger partial charge on any atom is -0.464 e. The van der Waals surface area contributed by atoms with E-state index in [0.717, 1.165) is 0 Å². The van der Waals surface area contributed by atoms with Gasteiger partial charge in [0.05, 0.1) is 14.2 Å². The molecule has 0 aromatic heterocycles. The van der Waals surface area contributed by atoms with Crippen molar-refractivity contribution in [3.63, 3.8) is 0 Å². The van der Waals surface area contributed by atoms with Crippen molar-refractivity contribution >= 4 is 11.9 Å². The van der Waals surface area contributed by atoms with E-state index in [1.807, 2.05) is 0 Å². The molecule has 0 rings (SSSR count). The van der Waals surface area contributed by atoms with Crippen LogP contribution in [0.1, 0.15) is 0 Å². The maximum atomic E-state index is 12.7. The Morgan fingerprint density at radius 3 is 1.12 bits per heavy atom. The predicted octanol–water partition coefficient (Wildman–Crippen LogP) is 1.63. The molecule has 0 N–H and O–H groups in total. The Morgan fingerprint density at radius 1 is 0.688 bits per heavy atom. The Labute approximate surface area is 87.1 Å². The molecule has 0 spiro atoms. The number of esters is 2. The van der Waals surface area contributed by atoms with E-state index in [1.165, 1.54) is 0 Å². The van der Waals surface area contributed by atoms with Crippen molar-refractivity contribution in [2.75, 3.05) is 14.2 Å². The first-order valence-corrected chi connectivity index (χ1v) is 3.64. The number of halogens is 4. The van der Waals surface area contributed by atoms with E-state index in [-0.39, 0.29) is 0 Å². The zero-order valence-corrected chi connectivity index (χ0v) is 8.14. The molecule has 0 unspecified atom stereocenters. The van der Waals surface area contributed by atoms with Crippen molar-refractivity contribution < 1.29 is 36.6 Å². The molecule has 0 heterocycles. The molecule has 0 aliphatic rings. The lowest BCUT2D eigenvalue weighted by atomic mass is 10.3. The molecule has 0 atom stereocenters. The monoisotopic (exact) mass is 242 g/mol. The highest BCUT2D eigenvalue weighted by Crippen LogP contribution is 2.24. The zero-order valence-electron chi connectivity index (χ0n) is 8.14. The van der Waals surface area contributed by atoms with Crippen molar-refractivity contribution in [2.45, 2.75) is 0 Å². The summed E-state index contributed by atoms with van der Waals surface area (Å²) < 4.78 is 58.0. The summed E-state index contributed by atoms with van der Waals surface area (Å²) in [5, 5.41) is 0. The molecule has 0 saturated heterocycles. The number of hydrogen-bond donors (Lipinski definition) is 0. The largest absolute Gasteiger partial charge is 0.464 e. The van der Waals surface area contributed by atoms with Crippen molar-refractivity contribution in [1.82, 2.24) is 0 Å². The second-order valence-corrected chi connectivity index (χ2v) is 2.24. The topological polar surface area (TPSA) is 52.6 Å². The van der Waals surface area contributed by atoms with Gasteiger partial charge in [0.2, 0.25) is 23.3 Å². The first kappa shape index (κ1) is 14.1. The van der Waals surface area contributed by atoms with E-state index in [4.69, 9.17) is 0 Å². The van der Waals surface area contributed by atoms with Gasteiger partial charge in [0.25, 0.3) is 0 Å². The second kappa shape index (κ2) is 5.89. The number of carbonyl (C=O) groups is 2. The van der Waals surface area contributed by atoms with Crippen LogP contribution in [-0.4, -0.2) is 26.2 Å². The third-order valence-corrected chi connectivity index (χ3v) is 1.31. The molecule has 0 aliphatic heterocycles. The molecule has 0 bridgehead atoms. The van der Waals surface area contributed by atoms with Crippen LogP contribution in [-0.2, 0) is 19.1 Å². The van der Waals surface area contributed by atoms with Crippen LogP contribution in [0.5, 0.6) is 0 Å². The maximum Gasteiger partial charge on any atom is 0.370 e. The average molecular weight is 242 g/mol. The molecular formula is C8H6F4O4. The van der Waals surface area contributed by atoms with E-state index >= 15 is 0 Å². The standard InChI is InChI=1S/C8H6F4O4/c1-15-7(13)5(11)3(9)4(10)6(12)8(14)16-2/h1-2H3/b5-3-,6-4-. The van der Waals surface area contributed by atoms with Gasteiger partial charge >= 0.3 is 11.9 Å². The Bertz CT molecular complexity index is 336. The van der Waals surface area contributed by atoms with Gasteiger partial charge in [-0.2, -0.15) is 8.78 Å². The highest BCUT2D eigenvalue weighted by atomic mass is 19.2. The molecule has 16 heavy (non-hydrogen) atoms. The predicted molar refractivity (Wildman–Crippen MR) is 42.5 cm³/mol. The summed E-state index contributed by atoms with van der Waals surface area (Å²) in [6, 6.07) is 0. The Morgan fingerprint density at radius 2 is 0.938 bits per heavy atom. The van der Waals surface area contributed by atoms with Gasteiger partial charge in [0.15, 0.2) is 0 Å². The molecule has 0 fully saturated rings. The quantitative estimate of drug-likeness (QED) is 0.326. The third kappa shape index (κ3) is 3.07. The molecule has 0 saturated carbocycles. The summed E-state index contributed by atoms with van der Waals surface area (Å²) in [7, 11) is 1.40. The van der Waals surface area contributed by atoms with Crippen molar-refractivity contribution in [2.24, 2.45) is 0 Å². The van der Waals surface area contributed by atoms with Crippen LogP contribution in [0.3, 0.4) is 0 Å². The van der Waals surface area contributed by atoms with Crippen LogP contribution in [0.15, 0.2) is 23.3 Å². The summed E-state index contributed by atoms with van der Waals surface area (Å²) in [6.45, 7) is 0. The second-order valence-electron chi connectivity index (χ2n) is 2.24. The zero-order chi connectivity index (χ0) is 12.9. The SMILES string of the molecule is COC(=O)/C(F)=C(F)\C(F)=C(\F)C(=O)OC. The lowest BCUT2D eigenvalue weighted by Gasteiger charge is -1.99. The molecule has 0 radical (unpaired) electrons. The first-order valence-electron chi connectivity index (χ1n) is 3.64. The fourth-order valence-electron chi connectivity index (χ4n) is 0.551. The molecule has 0 aliphatic carbocycles. The minimum atomic E-state index is -2.48. The summed E-state index contributed by atoms with van der Waals surface area (Å²) in [6.07, 6.45) is 0. The summed E-state index contributed by atoms with van der Waals surface area (Å²) >= 11 is 0. The number of hydrogen-bond acceptors (Lipinski definition) is 4. The normalized spacial score (nSPS) is 13.6. The van der Waals surface area contributed by atoms with E-state index in [2.05, 4.69) is 9.47 Å². The summed E-state index contributed by atoms with van der Waals surface area (Å²) in [5.74, 6) is -13.2. The Kier molecular flexibility index (Phi) is 5.20. The average Bonchev–Trinajstić information content (AvgIpc) is 2.32. The van der Waals surface area contributed by atoms with Gasteiger partial charge in [0, 0.05) is 0 Å².